The number of aromatic nitrogens is 2. The number of hydrogen-bond donors (Lipinski definition) is 2. The monoisotopic (exact) mass is 379 g/mol. The average Bonchev–Trinajstić information content (AvgIpc) is 3.34. The second-order valence-corrected chi connectivity index (χ2v) is 6.69. The van der Waals surface area contributed by atoms with E-state index in [9.17, 15) is 4.79 Å². The fourth-order valence-corrected chi connectivity index (χ4v) is 3.56. The number of rotatable bonds is 5. The number of fused-ring (bicyclic) bond motifs is 1. The van der Waals surface area contributed by atoms with E-state index in [1.54, 1.807) is 37.8 Å². The summed E-state index contributed by atoms with van der Waals surface area (Å²) in [5, 5.41) is 6.44. The molecule has 4 rings (SSSR count). The smallest absolute Gasteiger partial charge is 0.275 e. The van der Waals surface area contributed by atoms with Crippen molar-refractivity contribution in [1.82, 2.24) is 9.97 Å². The summed E-state index contributed by atoms with van der Waals surface area (Å²) < 4.78 is 10.5. The van der Waals surface area contributed by atoms with Crippen LogP contribution in [-0.4, -0.2) is 30.1 Å². The van der Waals surface area contributed by atoms with Gasteiger partial charge in [-0.25, -0.2) is 4.98 Å². The molecule has 136 valence electrons. The van der Waals surface area contributed by atoms with Gasteiger partial charge < -0.3 is 19.8 Å². The first kappa shape index (κ1) is 17.1. The van der Waals surface area contributed by atoms with Crippen molar-refractivity contribution >= 4 is 33.8 Å². The van der Waals surface area contributed by atoms with Crippen LogP contribution in [0.25, 0.3) is 21.6 Å². The molecule has 1 amide bonds. The highest BCUT2D eigenvalue weighted by Crippen LogP contribution is 2.30. The zero-order chi connectivity index (χ0) is 18.8. The van der Waals surface area contributed by atoms with Gasteiger partial charge in [0.15, 0.2) is 0 Å². The second-order valence-electron chi connectivity index (χ2n) is 5.83. The van der Waals surface area contributed by atoms with Gasteiger partial charge in [0, 0.05) is 22.3 Å². The Hall–Kier alpha value is -3.32. The van der Waals surface area contributed by atoms with E-state index in [1.165, 1.54) is 11.3 Å². The number of benzene rings is 2. The van der Waals surface area contributed by atoms with Gasteiger partial charge in [-0.3, -0.25) is 4.79 Å². The van der Waals surface area contributed by atoms with Crippen LogP contribution in [0.3, 0.4) is 0 Å². The lowest BCUT2D eigenvalue weighted by atomic mass is 10.2. The molecule has 2 aromatic carbocycles. The molecule has 0 bridgehead atoms. The van der Waals surface area contributed by atoms with Crippen molar-refractivity contribution in [1.29, 1.82) is 0 Å². The summed E-state index contributed by atoms with van der Waals surface area (Å²) in [4.78, 5) is 20.4. The number of ether oxygens (including phenoxy) is 2. The minimum Gasteiger partial charge on any atom is -0.497 e. The third-order valence-corrected chi connectivity index (χ3v) is 5.03. The fourth-order valence-electron chi connectivity index (χ4n) is 2.79. The third kappa shape index (κ3) is 3.37. The Morgan fingerprint density at radius 1 is 1.11 bits per heavy atom. The van der Waals surface area contributed by atoms with Gasteiger partial charge in [0.2, 0.25) is 0 Å². The number of carbonyl (C=O) groups excluding carboxylic acids is 1. The molecule has 2 N–H and O–H groups in total. The maximum absolute atomic E-state index is 12.6. The molecule has 0 atom stereocenters. The molecular weight excluding hydrogens is 362 g/mol. The van der Waals surface area contributed by atoms with Gasteiger partial charge in [-0.15, -0.1) is 11.3 Å². The minimum atomic E-state index is -0.305. The Morgan fingerprint density at radius 3 is 2.74 bits per heavy atom. The van der Waals surface area contributed by atoms with E-state index in [1.807, 2.05) is 30.3 Å². The van der Waals surface area contributed by atoms with Crippen molar-refractivity contribution < 1.29 is 14.3 Å². The number of methoxy groups -OCH3 is 2. The lowest BCUT2D eigenvalue weighted by Crippen LogP contribution is -2.13. The summed E-state index contributed by atoms with van der Waals surface area (Å²) in [6.45, 7) is 0. The molecule has 0 saturated heterocycles. The molecule has 0 aliphatic rings. The van der Waals surface area contributed by atoms with Crippen molar-refractivity contribution in [3.63, 3.8) is 0 Å². The molecule has 2 heterocycles. The van der Waals surface area contributed by atoms with Crippen LogP contribution in [0.1, 0.15) is 10.5 Å². The molecule has 6 nitrogen and oxygen atoms in total. The molecule has 0 saturated carbocycles. The quantitative estimate of drug-likeness (QED) is 0.533. The summed E-state index contributed by atoms with van der Waals surface area (Å²) in [6.07, 6.45) is 0. The number of hydrogen-bond acceptors (Lipinski definition) is 5. The van der Waals surface area contributed by atoms with Gasteiger partial charge in [0.1, 0.15) is 22.2 Å². The Labute approximate surface area is 159 Å². The Kier molecular flexibility index (Phi) is 4.52. The van der Waals surface area contributed by atoms with E-state index in [0.717, 1.165) is 21.6 Å². The highest BCUT2D eigenvalue weighted by molar-refractivity contribution is 7.13. The molecule has 2 aromatic heterocycles. The maximum atomic E-state index is 12.6. The van der Waals surface area contributed by atoms with Crippen molar-refractivity contribution in [3.8, 4) is 22.2 Å². The van der Waals surface area contributed by atoms with E-state index in [-0.39, 0.29) is 5.91 Å². The molecule has 0 radical (unpaired) electrons. The van der Waals surface area contributed by atoms with Crippen molar-refractivity contribution in [2.75, 3.05) is 19.5 Å². The average molecular weight is 379 g/mol. The number of aromatic amines is 1. The number of nitrogens with one attached hydrogen (secondary N) is 2. The van der Waals surface area contributed by atoms with Crippen LogP contribution >= 0.6 is 11.3 Å². The summed E-state index contributed by atoms with van der Waals surface area (Å²) in [5.74, 6) is 0.874. The first-order valence-corrected chi connectivity index (χ1v) is 9.13. The van der Waals surface area contributed by atoms with Gasteiger partial charge in [-0.1, -0.05) is 18.2 Å². The first-order valence-electron chi connectivity index (χ1n) is 8.25. The number of H-pyrrole nitrogens is 1. The lowest BCUT2D eigenvalue weighted by Gasteiger charge is -2.10. The normalized spacial score (nSPS) is 10.7. The predicted molar refractivity (Wildman–Crippen MR) is 107 cm³/mol. The molecule has 27 heavy (non-hydrogen) atoms. The largest absolute Gasteiger partial charge is 0.497 e. The molecule has 0 fully saturated rings. The van der Waals surface area contributed by atoms with Crippen LogP contribution in [0.2, 0.25) is 0 Å². The van der Waals surface area contributed by atoms with Crippen LogP contribution in [0.4, 0.5) is 5.69 Å². The molecule has 4 aromatic rings. The standard InChI is InChI=1S/C20H17N3O3S/c1-25-13-7-8-18(26-2)15(10-13)22-19(24)17-11-27-20(23-17)16-9-12-5-3-4-6-14(12)21-16/h3-11,21H,1-2H3,(H,22,24). The summed E-state index contributed by atoms with van der Waals surface area (Å²) in [7, 11) is 3.12. The predicted octanol–water partition coefficient (Wildman–Crippen LogP) is 4.56. The van der Waals surface area contributed by atoms with Crippen LogP contribution in [0.15, 0.2) is 53.9 Å². The highest BCUT2D eigenvalue weighted by Gasteiger charge is 2.15. The van der Waals surface area contributed by atoms with Gasteiger partial charge >= 0.3 is 0 Å². The number of para-hydroxylation sites is 1. The summed E-state index contributed by atoms with van der Waals surface area (Å²) in [6, 6.07) is 15.3. The van der Waals surface area contributed by atoms with Gasteiger partial charge in [0.05, 0.1) is 25.6 Å². The third-order valence-electron chi connectivity index (χ3n) is 4.15. The molecule has 0 spiro atoms. The minimum absolute atomic E-state index is 0.305. The number of anilines is 1. The summed E-state index contributed by atoms with van der Waals surface area (Å²) in [5.41, 5.74) is 2.80. The Balaban J connectivity index is 1.59. The van der Waals surface area contributed by atoms with Crippen molar-refractivity contribution in [2.45, 2.75) is 0 Å². The van der Waals surface area contributed by atoms with E-state index >= 15 is 0 Å². The SMILES string of the molecule is COc1ccc(OC)c(NC(=O)c2csc(-c3cc4ccccc4[nH]3)n2)c1. The number of amides is 1. The van der Waals surface area contributed by atoms with Crippen molar-refractivity contribution in [2.24, 2.45) is 0 Å². The molecule has 0 aliphatic carbocycles. The van der Waals surface area contributed by atoms with Gasteiger partial charge in [-0.2, -0.15) is 0 Å². The molecular formula is C20H17N3O3S. The Morgan fingerprint density at radius 2 is 1.96 bits per heavy atom. The maximum Gasteiger partial charge on any atom is 0.275 e. The van der Waals surface area contributed by atoms with E-state index < -0.39 is 0 Å². The van der Waals surface area contributed by atoms with Crippen LogP contribution < -0.4 is 14.8 Å². The zero-order valence-corrected chi connectivity index (χ0v) is 15.6. The van der Waals surface area contributed by atoms with Crippen LogP contribution in [0, 0.1) is 0 Å². The number of nitrogens with zero attached hydrogens (tertiary/aromatic N) is 1. The number of thiazole rings is 1. The molecule has 7 heteroatoms. The van der Waals surface area contributed by atoms with E-state index in [4.69, 9.17) is 9.47 Å². The van der Waals surface area contributed by atoms with E-state index in [0.29, 0.717) is 22.9 Å². The molecule has 0 unspecified atom stereocenters. The Bertz CT molecular complexity index is 1080. The van der Waals surface area contributed by atoms with Crippen LogP contribution in [0.5, 0.6) is 11.5 Å². The van der Waals surface area contributed by atoms with Crippen LogP contribution in [-0.2, 0) is 0 Å². The highest BCUT2D eigenvalue weighted by atomic mass is 32.1. The first-order chi connectivity index (χ1) is 13.2. The fraction of sp³-hybridized carbons (Fsp3) is 0.100. The topological polar surface area (TPSA) is 76.2 Å². The van der Waals surface area contributed by atoms with Gasteiger partial charge in [-0.05, 0) is 24.3 Å². The summed E-state index contributed by atoms with van der Waals surface area (Å²) >= 11 is 1.42. The zero-order valence-electron chi connectivity index (χ0n) is 14.8. The number of carbonyl (C=O) groups is 1. The van der Waals surface area contributed by atoms with E-state index in [2.05, 4.69) is 15.3 Å². The van der Waals surface area contributed by atoms with Gasteiger partial charge in [0.25, 0.3) is 5.91 Å². The second kappa shape index (κ2) is 7.13. The van der Waals surface area contributed by atoms with Crippen molar-refractivity contribution in [3.05, 3.63) is 59.6 Å². The lowest BCUT2D eigenvalue weighted by molar-refractivity contribution is 0.102. The molecule has 0 aliphatic heterocycles.